The number of hydrogen-bond donors (Lipinski definition) is 0. The molecule has 7 heteroatoms. The second-order valence-electron chi connectivity index (χ2n) is 8.01. The van der Waals surface area contributed by atoms with Crippen molar-refractivity contribution in [3.8, 4) is 0 Å². The van der Waals surface area contributed by atoms with Crippen LogP contribution in [-0.4, -0.2) is 20.3 Å². The highest BCUT2D eigenvalue weighted by Gasteiger charge is 2.26. The third kappa shape index (κ3) is 3.74. The Morgan fingerprint density at radius 2 is 2.06 bits per heavy atom. The number of fused-ring (bicyclic) bond motifs is 3. The third-order valence-electron chi connectivity index (χ3n) is 5.74. The number of nitrogens with zero attached hydrogens (tertiary/aromatic N) is 3. The minimum Gasteiger partial charge on any atom is -0.456 e. The van der Waals surface area contributed by atoms with Crippen molar-refractivity contribution in [2.24, 2.45) is 5.92 Å². The highest BCUT2D eigenvalue weighted by Crippen LogP contribution is 2.32. The maximum Gasteiger partial charge on any atom is 0.339 e. The van der Waals surface area contributed by atoms with Gasteiger partial charge in [0.05, 0.1) is 16.8 Å². The molecule has 0 amide bonds. The van der Waals surface area contributed by atoms with Gasteiger partial charge < -0.3 is 4.74 Å². The van der Waals surface area contributed by atoms with Gasteiger partial charge in [-0.25, -0.2) is 9.78 Å². The minimum atomic E-state index is -0.401. The van der Waals surface area contributed by atoms with E-state index in [1.165, 1.54) is 10.5 Å². The number of para-hydroxylation sites is 1. The summed E-state index contributed by atoms with van der Waals surface area (Å²) in [7, 11) is 0. The molecular weight excluding hydrogens is 458 g/mol. The summed E-state index contributed by atoms with van der Waals surface area (Å²) < 4.78 is 7.90. The minimum absolute atomic E-state index is 0.0678. The Balaban J connectivity index is 1.50. The fourth-order valence-corrected chi connectivity index (χ4v) is 4.54. The van der Waals surface area contributed by atoms with E-state index >= 15 is 0 Å². The average Bonchev–Trinajstić information content (AvgIpc) is 2.76. The molecule has 3 heterocycles. The van der Waals surface area contributed by atoms with Gasteiger partial charge in [0, 0.05) is 27.8 Å². The molecule has 0 saturated heterocycles. The normalized spacial score (nSPS) is 15.7. The molecule has 31 heavy (non-hydrogen) atoms. The largest absolute Gasteiger partial charge is 0.456 e. The van der Waals surface area contributed by atoms with Gasteiger partial charge in [0.15, 0.2) is 0 Å². The van der Waals surface area contributed by atoms with Crippen molar-refractivity contribution in [3.05, 3.63) is 86.0 Å². The number of carbonyl (C=O) groups excluding carboxylic acids is 1. The lowest BCUT2D eigenvalue weighted by Crippen LogP contribution is -2.20. The Kier molecular flexibility index (Phi) is 5.06. The van der Waals surface area contributed by atoms with Crippen LogP contribution in [0.3, 0.4) is 0 Å². The van der Waals surface area contributed by atoms with E-state index in [0.717, 1.165) is 45.9 Å². The summed E-state index contributed by atoms with van der Waals surface area (Å²) in [4.78, 5) is 34.9. The number of halogens is 1. The Hall–Kier alpha value is -3.06. The molecule has 1 atom stereocenters. The number of aromatic nitrogens is 3. The Morgan fingerprint density at radius 3 is 2.94 bits per heavy atom. The van der Waals surface area contributed by atoms with Gasteiger partial charge in [0.25, 0.3) is 5.56 Å². The molecule has 6 nitrogen and oxygen atoms in total. The summed E-state index contributed by atoms with van der Waals surface area (Å²) in [5.41, 5.74) is 4.06. The topological polar surface area (TPSA) is 73.6 Å². The Labute approximate surface area is 187 Å². The average molecular weight is 478 g/mol. The SMILES string of the molecule is CC1CCc2nc3ccccc3c(C(=O)OCc3cc(=O)n4cc(Br)ccc4n3)c2C1. The molecule has 0 radical (unpaired) electrons. The van der Waals surface area contributed by atoms with E-state index in [9.17, 15) is 9.59 Å². The van der Waals surface area contributed by atoms with Crippen LogP contribution < -0.4 is 5.56 Å². The molecule has 1 aliphatic rings. The van der Waals surface area contributed by atoms with E-state index in [0.29, 0.717) is 22.8 Å². The van der Waals surface area contributed by atoms with Gasteiger partial charge >= 0.3 is 5.97 Å². The predicted molar refractivity (Wildman–Crippen MR) is 121 cm³/mol. The molecular formula is C24H20BrN3O3. The van der Waals surface area contributed by atoms with Gasteiger partial charge in [-0.05, 0) is 64.9 Å². The van der Waals surface area contributed by atoms with Crippen molar-refractivity contribution >= 4 is 38.4 Å². The number of rotatable bonds is 3. The van der Waals surface area contributed by atoms with Gasteiger partial charge in [-0.2, -0.15) is 0 Å². The fourth-order valence-electron chi connectivity index (χ4n) is 4.21. The number of aryl methyl sites for hydroxylation is 1. The monoisotopic (exact) mass is 477 g/mol. The zero-order valence-corrected chi connectivity index (χ0v) is 18.6. The molecule has 0 N–H and O–H groups in total. The lowest BCUT2D eigenvalue weighted by molar-refractivity contribution is 0.0468. The van der Waals surface area contributed by atoms with Crippen LogP contribution in [-0.2, 0) is 24.2 Å². The van der Waals surface area contributed by atoms with Crippen LogP contribution in [0.5, 0.6) is 0 Å². The van der Waals surface area contributed by atoms with Crippen LogP contribution in [0.25, 0.3) is 16.6 Å². The van der Waals surface area contributed by atoms with Crippen LogP contribution in [0.4, 0.5) is 0 Å². The smallest absolute Gasteiger partial charge is 0.339 e. The summed E-state index contributed by atoms with van der Waals surface area (Å²) in [5, 5.41) is 0.803. The summed E-state index contributed by atoms with van der Waals surface area (Å²) in [6, 6.07) is 12.6. The van der Waals surface area contributed by atoms with Crippen molar-refractivity contribution in [3.63, 3.8) is 0 Å². The zero-order valence-electron chi connectivity index (χ0n) is 17.0. The van der Waals surface area contributed by atoms with Crippen molar-refractivity contribution in [2.45, 2.75) is 32.8 Å². The zero-order chi connectivity index (χ0) is 21.5. The number of esters is 1. The maximum absolute atomic E-state index is 13.2. The van der Waals surface area contributed by atoms with Crippen LogP contribution >= 0.6 is 15.9 Å². The molecule has 1 aliphatic carbocycles. The van der Waals surface area contributed by atoms with Crippen LogP contribution in [0.1, 0.15) is 40.7 Å². The van der Waals surface area contributed by atoms with Crippen molar-refractivity contribution in [1.29, 1.82) is 0 Å². The van der Waals surface area contributed by atoms with Gasteiger partial charge in [0.2, 0.25) is 0 Å². The van der Waals surface area contributed by atoms with Gasteiger partial charge in [-0.3, -0.25) is 14.2 Å². The highest BCUT2D eigenvalue weighted by atomic mass is 79.9. The van der Waals surface area contributed by atoms with Crippen molar-refractivity contribution in [2.75, 3.05) is 0 Å². The molecule has 0 aliphatic heterocycles. The number of ether oxygens (including phenoxy) is 1. The molecule has 156 valence electrons. The maximum atomic E-state index is 13.2. The summed E-state index contributed by atoms with van der Waals surface area (Å²) in [6.07, 6.45) is 4.40. The Bertz CT molecular complexity index is 1400. The van der Waals surface area contributed by atoms with Crippen LogP contribution in [0.2, 0.25) is 0 Å². The summed E-state index contributed by atoms with van der Waals surface area (Å²) in [5.74, 6) is 0.0882. The number of pyridine rings is 2. The van der Waals surface area contributed by atoms with Gasteiger partial charge in [-0.1, -0.05) is 25.1 Å². The fraction of sp³-hybridized carbons (Fsp3) is 0.250. The second kappa shape index (κ2) is 7.89. The van der Waals surface area contributed by atoms with E-state index in [1.54, 1.807) is 12.3 Å². The van der Waals surface area contributed by atoms with Crippen LogP contribution in [0, 0.1) is 5.92 Å². The summed E-state index contributed by atoms with van der Waals surface area (Å²) >= 11 is 3.35. The first kappa shape index (κ1) is 19.9. The molecule has 1 aromatic carbocycles. The second-order valence-corrected chi connectivity index (χ2v) is 8.93. The predicted octanol–water partition coefficient (Wildman–Crippen LogP) is 4.49. The van der Waals surface area contributed by atoms with Gasteiger partial charge in [-0.15, -0.1) is 0 Å². The first-order chi connectivity index (χ1) is 15.0. The molecule has 4 aromatic rings. The number of hydrogen-bond acceptors (Lipinski definition) is 5. The molecule has 0 fully saturated rings. The quantitative estimate of drug-likeness (QED) is 0.406. The van der Waals surface area contributed by atoms with Gasteiger partial charge in [0.1, 0.15) is 12.3 Å². The first-order valence-corrected chi connectivity index (χ1v) is 11.0. The Morgan fingerprint density at radius 1 is 1.23 bits per heavy atom. The first-order valence-electron chi connectivity index (χ1n) is 10.2. The number of benzene rings is 1. The number of carbonyl (C=O) groups is 1. The molecule has 0 bridgehead atoms. The lowest BCUT2D eigenvalue weighted by Gasteiger charge is -2.24. The van der Waals surface area contributed by atoms with Crippen molar-refractivity contribution < 1.29 is 9.53 Å². The van der Waals surface area contributed by atoms with E-state index in [4.69, 9.17) is 9.72 Å². The van der Waals surface area contributed by atoms with E-state index in [1.807, 2.05) is 30.3 Å². The molecule has 5 rings (SSSR count). The van der Waals surface area contributed by atoms with Crippen LogP contribution in [0.15, 0.2) is 57.9 Å². The molecule has 1 unspecified atom stereocenters. The summed E-state index contributed by atoms with van der Waals surface area (Å²) in [6.45, 7) is 2.12. The molecule has 0 spiro atoms. The highest BCUT2D eigenvalue weighted by molar-refractivity contribution is 9.10. The molecule has 0 saturated carbocycles. The third-order valence-corrected chi connectivity index (χ3v) is 6.21. The molecule has 3 aromatic heterocycles. The lowest BCUT2D eigenvalue weighted by atomic mass is 9.84. The van der Waals surface area contributed by atoms with E-state index in [-0.39, 0.29) is 12.2 Å². The van der Waals surface area contributed by atoms with Crippen molar-refractivity contribution in [1.82, 2.24) is 14.4 Å². The standard InChI is InChI=1S/C24H20BrN3O3/c1-14-6-8-20-18(10-14)23(17-4-2-3-5-19(17)27-20)24(30)31-13-16-11-22(29)28-12-15(25)7-9-21(28)26-16/h2-5,7,9,11-12,14H,6,8,10,13H2,1H3. The van der Waals surface area contributed by atoms with E-state index < -0.39 is 5.97 Å². The van der Waals surface area contributed by atoms with E-state index in [2.05, 4.69) is 27.8 Å².